The predicted molar refractivity (Wildman–Crippen MR) is 160 cm³/mol. The number of carbonyl (C=O) groups is 1. The van der Waals surface area contributed by atoms with Crippen LogP contribution in [0.2, 0.25) is 0 Å². The molecule has 1 aromatic heterocycles. The van der Waals surface area contributed by atoms with Gasteiger partial charge in [0.05, 0.1) is 18.8 Å². The summed E-state index contributed by atoms with van der Waals surface area (Å²) in [6, 6.07) is 22.1. The van der Waals surface area contributed by atoms with Crippen molar-refractivity contribution in [3.63, 3.8) is 0 Å². The SMILES string of the molecule is O=C(NCCCO[C@@H]1O[C@H](CO)[C@H](O)C(O)C1O)OC1Cc2ccccc2-c2c(-c3ccc(O)cc3)noc2-c2ccccc21. The first kappa shape index (κ1) is 30.7. The molecule has 3 unspecified atom stereocenters. The smallest absolute Gasteiger partial charge is 0.407 e. The minimum absolute atomic E-state index is 0.0558. The van der Waals surface area contributed by atoms with Crippen LogP contribution < -0.4 is 5.32 Å². The third kappa shape index (κ3) is 6.29. The lowest BCUT2D eigenvalue weighted by Crippen LogP contribution is -2.59. The number of benzene rings is 3. The lowest BCUT2D eigenvalue weighted by molar-refractivity contribution is -0.301. The second kappa shape index (κ2) is 13.4. The quantitative estimate of drug-likeness (QED) is 0.160. The number of nitrogens with zero attached hydrogens (tertiary/aromatic N) is 1. The molecular weight excluding hydrogens is 584 g/mol. The van der Waals surface area contributed by atoms with Crippen LogP contribution in [0.4, 0.5) is 4.79 Å². The maximum atomic E-state index is 13.0. The van der Waals surface area contributed by atoms with Crippen LogP contribution in [0.3, 0.4) is 0 Å². The Kier molecular flexibility index (Phi) is 9.12. The van der Waals surface area contributed by atoms with Gasteiger partial charge < -0.3 is 49.6 Å². The van der Waals surface area contributed by atoms with Crippen molar-refractivity contribution in [1.29, 1.82) is 0 Å². The number of aliphatic hydroxyl groups is 4. The van der Waals surface area contributed by atoms with Gasteiger partial charge in [-0.05, 0) is 41.8 Å². The number of aliphatic hydroxyl groups excluding tert-OH is 4. The highest BCUT2D eigenvalue weighted by atomic mass is 16.7. The number of phenols is 1. The summed E-state index contributed by atoms with van der Waals surface area (Å²) in [5.41, 5.74) is 5.55. The van der Waals surface area contributed by atoms with Crippen LogP contribution >= 0.6 is 0 Å². The van der Waals surface area contributed by atoms with Crippen LogP contribution in [0.15, 0.2) is 77.3 Å². The van der Waals surface area contributed by atoms with Crippen molar-refractivity contribution in [2.45, 2.75) is 49.7 Å². The van der Waals surface area contributed by atoms with E-state index in [-0.39, 0.29) is 18.9 Å². The fourth-order valence-electron chi connectivity index (χ4n) is 5.72. The molecule has 236 valence electrons. The van der Waals surface area contributed by atoms with E-state index in [4.69, 9.17) is 18.7 Å². The number of fused-ring (bicyclic) bond motifs is 5. The molecule has 0 saturated carbocycles. The molecule has 12 nitrogen and oxygen atoms in total. The Bertz CT molecular complexity index is 1620. The number of ether oxygens (including phenoxy) is 3. The number of aromatic nitrogens is 1. The Morgan fingerprint density at radius 3 is 2.44 bits per heavy atom. The highest BCUT2D eigenvalue weighted by Gasteiger charge is 2.44. The van der Waals surface area contributed by atoms with Crippen molar-refractivity contribution in [3.05, 3.63) is 83.9 Å². The molecule has 6 N–H and O–H groups in total. The molecule has 3 aromatic carbocycles. The van der Waals surface area contributed by atoms with E-state index in [1.807, 2.05) is 48.5 Å². The zero-order chi connectivity index (χ0) is 31.5. The van der Waals surface area contributed by atoms with E-state index in [1.54, 1.807) is 24.3 Å². The van der Waals surface area contributed by atoms with Crippen molar-refractivity contribution in [2.75, 3.05) is 19.8 Å². The maximum absolute atomic E-state index is 13.0. The molecule has 1 aliphatic carbocycles. The van der Waals surface area contributed by atoms with Crippen molar-refractivity contribution < 1.29 is 49.1 Å². The molecule has 2 aliphatic rings. The normalized spacial score (nSPS) is 24.0. The summed E-state index contributed by atoms with van der Waals surface area (Å²) in [5, 5.41) is 56.2. The molecule has 0 spiro atoms. The van der Waals surface area contributed by atoms with Gasteiger partial charge >= 0.3 is 6.09 Å². The molecule has 1 saturated heterocycles. The number of rotatable bonds is 8. The summed E-state index contributed by atoms with van der Waals surface area (Å²) in [4.78, 5) is 13.0. The van der Waals surface area contributed by atoms with Crippen LogP contribution in [0, 0.1) is 0 Å². The number of aromatic hydroxyl groups is 1. The van der Waals surface area contributed by atoms with Crippen molar-refractivity contribution in [3.8, 4) is 39.5 Å². The second-order valence-corrected chi connectivity index (χ2v) is 11.0. The molecule has 2 heterocycles. The van der Waals surface area contributed by atoms with Crippen LogP contribution in [0.5, 0.6) is 5.75 Å². The number of hydrogen-bond donors (Lipinski definition) is 6. The molecule has 45 heavy (non-hydrogen) atoms. The van der Waals surface area contributed by atoms with Crippen LogP contribution in [0.25, 0.3) is 33.7 Å². The Balaban J connectivity index is 1.16. The van der Waals surface area contributed by atoms with Gasteiger partial charge in [-0.3, -0.25) is 0 Å². The van der Waals surface area contributed by atoms with Crippen molar-refractivity contribution in [2.24, 2.45) is 0 Å². The maximum Gasteiger partial charge on any atom is 0.407 e. The Hall–Kier alpha value is -4.30. The zero-order valence-electron chi connectivity index (χ0n) is 24.2. The Labute approximate surface area is 258 Å². The topological polar surface area (TPSA) is 184 Å². The first-order valence-corrected chi connectivity index (χ1v) is 14.7. The van der Waals surface area contributed by atoms with E-state index >= 15 is 0 Å². The van der Waals surface area contributed by atoms with Gasteiger partial charge in [0.2, 0.25) is 0 Å². The van der Waals surface area contributed by atoms with Gasteiger partial charge in [0.1, 0.15) is 42.0 Å². The number of phenolic OH excluding ortho intramolecular Hbond substituents is 1. The van der Waals surface area contributed by atoms with E-state index in [0.29, 0.717) is 24.3 Å². The van der Waals surface area contributed by atoms with E-state index in [0.717, 1.165) is 33.4 Å². The molecule has 1 fully saturated rings. The lowest BCUT2D eigenvalue weighted by atomic mass is 9.85. The van der Waals surface area contributed by atoms with E-state index < -0.39 is 49.5 Å². The predicted octanol–water partition coefficient (Wildman–Crippen LogP) is 2.91. The first-order chi connectivity index (χ1) is 21.9. The molecule has 12 heteroatoms. The molecule has 1 aliphatic heterocycles. The van der Waals surface area contributed by atoms with Crippen LogP contribution in [0.1, 0.15) is 23.7 Å². The number of nitrogens with one attached hydrogen (secondary N) is 1. The van der Waals surface area contributed by atoms with Gasteiger partial charge in [-0.2, -0.15) is 0 Å². The molecule has 0 bridgehead atoms. The van der Waals surface area contributed by atoms with Gasteiger partial charge in [-0.25, -0.2) is 4.79 Å². The summed E-state index contributed by atoms with van der Waals surface area (Å²) in [7, 11) is 0. The molecule has 6 atom stereocenters. The number of carbonyl (C=O) groups excluding carboxylic acids is 1. The summed E-state index contributed by atoms with van der Waals surface area (Å²) in [6.45, 7) is -0.312. The van der Waals surface area contributed by atoms with Crippen LogP contribution in [-0.2, 0) is 20.6 Å². The van der Waals surface area contributed by atoms with Gasteiger partial charge in [-0.15, -0.1) is 0 Å². The summed E-state index contributed by atoms with van der Waals surface area (Å²) in [6.07, 6.45) is -7.37. The average molecular weight is 619 g/mol. The number of hydrogen-bond acceptors (Lipinski definition) is 11. The second-order valence-electron chi connectivity index (χ2n) is 11.0. The standard InChI is InChI=1S/C33H34N2O10/c36-17-25-28(38)29(39)30(40)32(43-25)42-15-5-14-34-33(41)44-24-16-19-6-1-2-7-21(19)26-27(18-10-12-20(37)13-11-18)35-45-31(26)23-9-4-3-8-22(23)24/h1-4,6-13,24-25,28-30,32,36-40H,5,14-17H2,(H,34,41)/t24?,25-,28+,29?,30?,32-/m1/s1. The molecule has 4 aromatic rings. The van der Waals surface area contributed by atoms with Gasteiger partial charge in [0.15, 0.2) is 12.1 Å². The fraction of sp³-hybridized carbons (Fsp3) is 0.333. The monoisotopic (exact) mass is 618 g/mol. The van der Waals surface area contributed by atoms with Gasteiger partial charge in [0, 0.05) is 29.7 Å². The Morgan fingerprint density at radius 2 is 1.67 bits per heavy atom. The summed E-state index contributed by atoms with van der Waals surface area (Å²) < 4.78 is 22.8. The third-order valence-corrected chi connectivity index (χ3v) is 8.05. The highest BCUT2D eigenvalue weighted by Crippen LogP contribution is 2.46. The van der Waals surface area contributed by atoms with Gasteiger partial charge in [-0.1, -0.05) is 53.7 Å². The fourth-order valence-corrected chi connectivity index (χ4v) is 5.72. The first-order valence-electron chi connectivity index (χ1n) is 14.7. The minimum atomic E-state index is -1.53. The van der Waals surface area contributed by atoms with Gasteiger partial charge in [0.25, 0.3) is 0 Å². The highest BCUT2D eigenvalue weighted by molar-refractivity contribution is 5.93. The van der Waals surface area contributed by atoms with E-state index in [1.165, 1.54) is 0 Å². The number of amides is 1. The zero-order valence-corrected chi connectivity index (χ0v) is 24.2. The lowest BCUT2D eigenvalue weighted by Gasteiger charge is -2.39. The molecular formula is C33H34N2O10. The molecule has 6 rings (SSSR count). The Morgan fingerprint density at radius 1 is 0.933 bits per heavy atom. The van der Waals surface area contributed by atoms with E-state index in [9.17, 15) is 30.3 Å². The largest absolute Gasteiger partial charge is 0.508 e. The minimum Gasteiger partial charge on any atom is -0.508 e. The molecule has 1 amide bonds. The van der Waals surface area contributed by atoms with E-state index in [2.05, 4.69) is 10.5 Å². The summed E-state index contributed by atoms with van der Waals surface area (Å²) >= 11 is 0. The average Bonchev–Trinajstić information content (AvgIpc) is 3.48. The molecule has 0 radical (unpaired) electrons. The van der Waals surface area contributed by atoms with Crippen LogP contribution in [-0.4, -0.2) is 87.2 Å². The third-order valence-electron chi connectivity index (χ3n) is 8.05. The summed E-state index contributed by atoms with van der Waals surface area (Å²) in [5.74, 6) is 0.690. The number of alkyl carbamates (subject to hydrolysis) is 1. The van der Waals surface area contributed by atoms with Crippen molar-refractivity contribution >= 4 is 6.09 Å². The van der Waals surface area contributed by atoms with Crippen molar-refractivity contribution in [1.82, 2.24) is 10.5 Å².